The third-order valence-corrected chi connectivity index (χ3v) is 4.28. The number of nitrogens with zero attached hydrogens (tertiary/aromatic N) is 1. The summed E-state index contributed by atoms with van der Waals surface area (Å²) in [6, 6.07) is 7.37. The Morgan fingerprint density at radius 3 is 2.94 bits per heavy atom. The van der Waals surface area contributed by atoms with Gasteiger partial charge in [0.25, 0.3) is 0 Å². The summed E-state index contributed by atoms with van der Waals surface area (Å²) < 4.78 is 1.19. The first kappa shape index (κ1) is 13.4. The maximum atomic E-state index is 6.37. The van der Waals surface area contributed by atoms with Crippen LogP contribution in [-0.4, -0.2) is 25.2 Å². The normalized spacial score (nSPS) is 25.1. The lowest BCUT2D eigenvalue weighted by Crippen LogP contribution is -2.55. The number of piperazine rings is 1. The Hall–Kier alpha value is -0.0000000000000000555. The number of hydrogen-bond donors (Lipinski definition) is 1. The molecule has 1 aromatic carbocycles. The van der Waals surface area contributed by atoms with E-state index in [1.807, 2.05) is 6.07 Å². The van der Waals surface area contributed by atoms with Gasteiger partial charge in [0.05, 0.1) is 10.7 Å². The molecule has 17 heavy (non-hydrogen) atoms. The molecule has 0 saturated carbocycles. The van der Waals surface area contributed by atoms with Crippen LogP contribution in [0.15, 0.2) is 18.2 Å². The molecule has 0 bridgehead atoms. The molecule has 1 fully saturated rings. The molecule has 4 heteroatoms. The van der Waals surface area contributed by atoms with Crippen molar-refractivity contribution < 1.29 is 0 Å². The Labute approximate surface area is 122 Å². The largest absolute Gasteiger partial charge is 0.365 e. The summed E-state index contributed by atoms with van der Waals surface area (Å²) in [7, 11) is 0. The monoisotopic (exact) mass is 364 g/mol. The molecule has 0 radical (unpaired) electrons. The fourth-order valence-corrected chi connectivity index (χ4v) is 3.29. The number of rotatable bonds is 2. The molecule has 2 nitrogen and oxygen atoms in total. The Bertz CT molecular complexity index is 397. The summed E-state index contributed by atoms with van der Waals surface area (Å²) in [5.41, 5.74) is 1.17. The quantitative estimate of drug-likeness (QED) is 0.808. The first-order chi connectivity index (χ1) is 8.11. The van der Waals surface area contributed by atoms with E-state index in [2.05, 4.69) is 58.8 Å². The van der Waals surface area contributed by atoms with Gasteiger partial charge in [0.2, 0.25) is 0 Å². The molecule has 1 aliphatic heterocycles. The maximum Gasteiger partial charge on any atom is 0.0650 e. The minimum absolute atomic E-state index is 0.521. The number of hydrogen-bond acceptors (Lipinski definition) is 2. The standard InChI is InChI=1S/C13H18ClIN2/c1-3-11-7-16-9(2)8-17(11)13-5-4-10(15)6-12(13)14/h4-6,9,11,16H,3,7-8H2,1-2H3. The van der Waals surface area contributed by atoms with Gasteiger partial charge in [-0.3, -0.25) is 0 Å². The molecule has 0 amide bonds. The van der Waals surface area contributed by atoms with Crippen molar-refractivity contribution in [3.05, 3.63) is 26.8 Å². The predicted molar refractivity (Wildman–Crippen MR) is 83.1 cm³/mol. The van der Waals surface area contributed by atoms with Crippen LogP contribution in [0.2, 0.25) is 5.02 Å². The van der Waals surface area contributed by atoms with E-state index in [1.54, 1.807) is 0 Å². The summed E-state index contributed by atoms with van der Waals surface area (Å²) in [5.74, 6) is 0. The fraction of sp³-hybridized carbons (Fsp3) is 0.538. The lowest BCUT2D eigenvalue weighted by Gasteiger charge is -2.41. The molecule has 1 saturated heterocycles. The van der Waals surface area contributed by atoms with Crippen LogP contribution in [0.3, 0.4) is 0 Å². The van der Waals surface area contributed by atoms with Gasteiger partial charge in [0.15, 0.2) is 0 Å². The SMILES string of the molecule is CCC1CNC(C)CN1c1ccc(I)cc1Cl. The van der Waals surface area contributed by atoms with Crippen LogP contribution in [0.5, 0.6) is 0 Å². The maximum absolute atomic E-state index is 6.37. The van der Waals surface area contributed by atoms with Crippen molar-refractivity contribution >= 4 is 39.9 Å². The lowest BCUT2D eigenvalue weighted by molar-refractivity contribution is 0.402. The zero-order valence-corrected chi connectivity index (χ0v) is 13.1. The molecule has 1 aromatic rings. The second-order valence-electron chi connectivity index (χ2n) is 4.62. The summed E-state index contributed by atoms with van der Waals surface area (Å²) in [5, 5.41) is 4.39. The highest BCUT2D eigenvalue weighted by molar-refractivity contribution is 14.1. The highest BCUT2D eigenvalue weighted by Gasteiger charge is 2.25. The van der Waals surface area contributed by atoms with Gasteiger partial charge in [-0.25, -0.2) is 0 Å². The number of halogens is 2. The second-order valence-corrected chi connectivity index (χ2v) is 6.27. The van der Waals surface area contributed by atoms with Crippen LogP contribution in [-0.2, 0) is 0 Å². The molecule has 1 aliphatic rings. The topological polar surface area (TPSA) is 15.3 Å². The fourth-order valence-electron chi connectivity index (χ4n) is 2.33. The molecule has 2 rings (SSSR count). The van der Waals surface area contributed by atoms with E-state index in [-0.39, 0.29) is 0 Å². The van der Waals surface area contributed by atoms with E-state index in [9.17, 15) is 0 Å². The summed E-state index contributed by atoms with van der Waals surface area (Å²) in [6.45, 7) is 6.52. The van der Waals surface area contributed by atoms with Gasteiger partial charge in [0.1, 0.15) is 0 Å². The van der Waals surface area contributed by atoms with Gasteiger partial charge < -0.3 is 10.2 Å². The Balaban J connectivity index is 2.28. The first-order valence-electron chi connectivity index (χ1n) is 6.07. The second kappa shape index (κ2) is 5.76. The zero-order valence-electron chi connectivity index (χ0n) is 10.2. The molecule has 2 unspecified atom stereocenters. The van der Waals surface area contributed by atoms with Crippen LogP contribution in [0.4, 0.5) is 5.69 Å². The van der Waals surface area contributed by atoms with Crippen LogP contribution >= 0.6 is 34.2 Å². The molecule has 0 aliphatic carbocycles. The summed E-state index contributed by atoms with van der Waals surface area (Å²) >= 11 is 8.66. The van der Waals surface area contributed by atoms with Gasteiger partial charge >= 0.3 is 0 Å². The average Bonchev–Trinajstić information content (AvgIpc) is 2.29. The van der Waals surface area contributed by atoms with Gasteiger partial charge in [-0.05, 0) is 54.1 Å². The number of nitrogens with one attached hydrogen (secondary N) is 1. The van der Waals surface area contributed by atoms with Crippen molar-refractivity contribution in [3.63, 3.8) is 0 Å². The highest BCUT2D eigenvalue weighted by Crippen LogP contribution is 2.30. The van der Waals surface area contributed by atoms with E-state index in [0.29, 0.717) is 12.1 Å². The smallest absolute Gasteiger partial charge is 0.0650 e. The zero-order chi connectivity index (χ0) is 12.4. The minimum Gasteiger partial charge on any atom is -0.365 e. The molecule has 2 atom stereocenters. The van der Waals surface area contributed by atoms with Crippen LogP contribution in [0.25, 0.3) is 0 Å². The molecule has 94 valence electrons. The average molecular weight is 365 g/mol. The number of benzene rings is 1. The molecule has 0 aromatic heterocycles. The van der Waals surface area contributed by atoms with Crippen molar-refractivity contribution in [3.8, 4) is 0 Å². The third kappa shape index (κ3) is 3.06. The van der Waals surface area contributed by atoms with E-state index in [1.165, 1.54) is 9.26 Å². The Morgan fingerprint density at radius 1 is 1.53 bits per heavy atom. The number of anilines is 1. The summed E-state index contributed by atoms with van der Waals surface area (Å²) in [6.07, 6.45) is 1.14. The summed E-state index contributed by atoms with van der Waals surface area (Å²) in [4.78, 5) is 2.44. The van der Waals surface area contributed by atoms with Crippen molar-refractivity contribution in [1.29, 1.82) is 0 Å². The van der Waals surface area contributed by atoms with Crippen molar-refractivity contribution in [1.82, 2.24) is 5.32 Å². The van der Waals surface area contributed by atoms with Crippen molar-refractivity contribution in [2.45, 2.75) is 32.4 Å². The van der Waals surface area contributed by atoms with Crippen LogP contribution in [0.1, 0.15) is 20.3 Å². The van der Waals surface area contributed by atoms with E-state index < -0.39 is 0 Å². The van der Waals surface area contributed by atoms with Crippen LogP contribution < -0.4 is 10.2 Å². The van der Waals surface area contributed by atoms with Gasteiger partial charge in [-0.1, -0.05) is 18.5 Å². The molecule has 0 spiro atoms. The molecular formula is C13H18ClIN2. The Morgan fingerprint density at radius 2 is 2.29 bits per heavy atom. The highest BCUT2D eigenvalue weighted by atomic mass is 127. The van der Waals surface area contributed by atoms with E-state index in [0.717, 1.165) is 24.5 Å². The molecule has 1 heterocycles. The molecular weight excluding hydrogens is 347 g/mol. The van der Waals surface area contributed by atoms with Crippen molar-refractivity contribution in [2.24, 2.45) is 0 Å². The lowest BCUT2D eigenvalue weighted by atomic mass is 10.1. The Kier molecular flexibility index (Phi) is 4.55. The molecule has 1 N–H and O–H groups in total. The van der Waals surface area contributed by atoms with Crippen LogP contribution in [0, 0.1) is 3.57 Å². The van der Waals surface area contributed by atoms with Gasteiger partial charge in [-0.15, -0.1) is 0 Å². The minimum atomic E-state index is 0.521. The first-order valence-corrected chi connectivity index (χ1v) is 7.52. The van der Waals surface area contributed by atoms with Gasteiger partial charge in [0, 0.05) is 28.7 Å². The van der Waals surface area contributed by atoms with Crippen molar-refractivity contribution in [2.75, 3.05) is 18.0 Å². The third-order valence-electron chi connectivity index (χ3n) is 3.30. The van der Waals surface area contributed by atoms with Gasteiger partial charge in [-0.2, -0.15) is 0 Å². The van der Waals surface area contributed by atoms with E-state index in [4.69, 9.17) is 11.6 Å². The van der Waals surface area contributed by atoms with E-state index >= 15 is 0 Å². The predicted octanol–water partition coefficient (Wildman–Crippen LogP) is 3.52.